The van der Waals surface area contributed by atoms with Gasteiger partial charge >= 0.3 is 5.97 Å². The van der Waals surface area contributed by atoms with Crippen molar-refractivity contribution < 1.29 is 29.4 Å². The van der Waals surface area contributed by atoms with Crippen molar-refractivity contribution in [2.24, 2.45) is 11.7 Å². The number of phenolic OH excluding ortho intramolecular Hbond substituents is 1. The van der Waals surface area contributed by atoms with Crippen LogP contribution in [-0.4, -0.2) is 70.1 Å². The molecule has 3 atom stereocenters. The molecule has 216 valence electrons. The normalized spacial score (nSPS) is 13.0. The molecule has 0 aliphatic heterocycles. The molecular formula is C28H37N5O6S. The summed E-state index contributed by atoms with van der Waals surface area (Å²) in [7, 11) is 0. The number of carboxylic acid groups (broad SMARTS) is 1. The molecule has 0 saturated carbocycles. The molecule has 3 amide bonds. The molecule has 0 aromatic heterocycles. The lowest BCUT2D eigenvalue weighted by Gasteiger charge is -2.23. The lowest BCUT2D eigenvalue weighted by molar-refractivity contribution is -0.142. The molecule has 0 spiro atoms. The fourth-order valence-corrected chi connectivity index (χ4v) is 4.00. The monoisotopic (exact) mass is 571 g/mol. The maximum absolute atomic E-state index is 13.1. The van der Waals surface area contributed by atoms with Gasteiger partial charge in [0.05, 0.1) is 24.1 Å². The van der Waals surface area contributed by atoms with E-state index in [0.717, 1.165) is 11.1 Å². The molecule has 40 heavy (non-hydrogen) atoms. The molecule has 0 aliphatic rings. The van der Waals surface area contributed by atoms with Crippen molar-refractivity contribution in [3.63, 3.8) is 0 Å². The standard InChI is InChI=1S/C28H37N5O6S/c1-17(2)12-23(28(38)39)33-27(37)22(14-18-6-4-3-5-7-18)32-25(40)16-30-24(35)15-31-26(36)21(29)13-19-8-10-20(34)11-9-19/h3-11,17,21-23,34H,12-16,29H2,1-2H3,(H,30,35)(H,31,36)(H,32,40)(H,33,37)(H,38,39)/t21-,22-,23-/m0/s1. The minimum Gasteiger partial charge on any atom is -0.508 e. The summed E-state index contributed by atoms with van der Waals surface area (Å²) >= 11 is 5.33. The van der Waals surface area contributed by atoms with Crippen molar-refractivity contribution in [2.45, 2.75) is 51.2 Å². The van der Waals surface area contributed by atoms with E-state index in [1.165, 1.54) is 12.1 Å². The first-order valence-corrected chi connectivity index (χ1v) is 13.3. The van der Waals surface area contributed by atoms with E-state index in [-0.39, 0.29) is 49.0 Å². The smallest absolute Gasteiger partial charge is 0.326 e. The van der Waals surface area contributed by atoms with E-state index >= 15 is 0 Å². The summed E-state index contributed by atoms with van der Waals surface area (Å²) in [6.45, 7) is 3.31. The molecule has 2 aromatic carbocycles. The molecule has 0 heterocycles. The minimum absolute atomic E-state index is 0.0565. The van der Waals surface area contributed by atoms with Gasteiger partial charge in [-0.05, 0) is 42.0 Å². The van der Waals surface area contributed by atoms with Crippen molar-refractivity contribution >= 4 is 40.9 Å². The third kappa shape index (κ3) is 11.8. The number of carbonyl (C=O) groups is 4. The van der Waals surface area contributed by atoms with Crippen LogP contribution in [0.4, 0.5) is 0 Å². The highest BCUT2D eigenvalue weighted by atomic mass is 32.1. The molecule has 2 aromatic rings. The van der Waals surface area contributed by atoms with Gasteiger partial charge in [-0.15, -0.1) is 0 Å². The second-order valence-electron chi connectivity index (χ2n) is 9.81. The van der Waals surface area contributed by atoms with Gasteiger partial charge in [0.25, 0.3) is 0 Å². The van der Waals surface area contributed by atoms with E-state index in [0.29, 0.717) is 0 Å². The number of nitrogens with two attached hydrogens (primary N) is 1. The first-order chi connectivity index (χ1) is 18.9. The Morgan fingerprint density at radius 2 is 1.45 bits per heavy atom. The molecule has 0 fully saturated rings. The van der Waals surface area contributed by atoms with Crippen molar-refractivity contribution in [1.29, 1.82) is 0 Å². The number of nitrogens with one attached hydrogen (secondary N) is 4. The van der Waals surface area contributed by atoms with E-state index in [4.69, 9.17) is 18.0 Å². The molecule has 11 nitrogen and oxygen atoms in total. The van der Waals surface area contributed by atoms with E-state index in [1.54, 1.807) is 12.1 Å². The number of rotatable bonds is 15. The third-order valence-corrected chi connectivity index (χ3v) is 6.12. The third-order valence-electron chi connectivity index (χ3n) is 5.85. The van der Waals surface area contributed by atoms with E-state index in [9.17, 15) is 29.4 Å². The minimum atomic E-state index is -1.12. The number of benzene rings is 2. The van der Waals surface area contributed by atoms with Gasteiger partial charge < -0.3 is 37.2 Å². The van der Waals surface area contributed by atoms with Crippen LogP contribution in [0.25, 0.3) is 0 Å². The van der Waals surface area contributed by atoms with Gasteiger partial charge in [0.2, 0.25) is 17.7 Å². The van der Waals surface area contributed by atoms with Crippen molar-refractivity contribution in [1.82, 2.24) is 21.3 Å². The van der Waals surface area contributed by atoms with Crippen LogP contribution in [0.2, 0.25) is 0 Å². The summed E-state index contributed by atoms with van der Waals surface area (Å²) in [6.07, 6.45) is 0.736. The summed E-state index contributed by atoms with van der Waals surface area (Å²) in [6, 6.07) is 12.7. The predicted molar refractivity (Wildman–Crippen MR) is 154 cm³/mol. The van der Waals surface area contributed by atoms with Gasteiger partial charge in [-0.1, -0.05) is 68.5 Å². The summed E-state index contributed by atoms with van der Waals surface area (Å²) in [5, 5.41) is 29.4. The number of thiocarbonyl (C=S) groups is 1. The zero-order valence-corrected chi connectivity index (χ0v) is 23.4. The number of carbonyl (C=O) groups excluding carboxylic acids is 3. The van der Waals surface area contributed by atoms with E-state index in [1.807, 2.05) is 44.2 Å². The Bertz CT molecular complexity index is 1160. The van der Waals surface area contributed by atoms with E-state index in [2.05, 4.69) is 21.3 Å². The SMILES string of the molecule is CC(C)C[C@H](NC(=O)[C@H](Cc1ccccc1)NC(=S)CNC(=O)CNC(=O)[C@@H](N)Cc1ccc(O)cc1)C(=O)O. The zero-order valence-electron chi connectivity index (χ0n) is 22.6. The summed E-state index contributed by atoms with van der Waals surface area (Å²) in [4.78, 5) is 49.4. The molecular weight excluding hydrogens is 534 g/mol. The highest BCUT2D eigenvalue weighted by Crippen LogP contribution is 2.11. The number of aliphatic carboxylic acids is 1. The molecule has 12 heteroatoms. The fourth-order valence-electron chi connectivity index (χ4n) is 3.79. The molecule has 0 bridgehead atoms. The average molecular weight is 572 g/mol. The van der Waals surface area contributed by atoms with Crippen LogP contribution in [0.1, 0.15) is 31.4 Å². The van der Waals surface area contributed by atoms with Gasteiger partial charge in [-0.2, -0.15) is 0 Å². The summed E-state index contributed by atoms with van der Waals surface area (Å²) < 4.78 is 0. The summed E-state index contributed by atoms with van der Waals surface area (Å²) in [5.74, 6) is -2.52. The van der Waals surface area contributed by atoms with Crippen molar-refractivity contribution in [2.75, 3.05) is 13.1 Å². The number of phenols is 1. The Hall–Kier alpha value is -4.03. The summed E-state index contributed by atoms with van der Waals surface area (Å²) in [5.41, 5.74) is 7.51. The Labute approximate surface area is 238 Å². The number of carboxylic acids is 1. The maximum Gasteiger partial charge on any atom is 0.326 e. The first-order valence-electron chi connectivity index (χ1n) is 12.9. The van der Waals surface area contributed by atoms with Gasteiger partial charge in [-0.3, -0.25) is 14.4 Å². The van der Waals surface area contributed by atoms with Gasteiger partial charge in [0.15, 0.2) is 0 Å². The molecule has 0 saturated heterocycles. The first kappa shape index (κ1) is 32.2. The Balaban J connectivity index is 1.88. The number of aromatic hydroxyl groups is 1. The van der Waals surface area contributed by atoms with E-state index < -0.39 is 41.8 Å². The Morgan fingerprint density at radius 1 is 0.825 bits per heavy atom. The highest BCUT2D eigenvalue weighted by Gasteiger charge is 2.27. The fraction of sp³-hybridized carbons (Fsp3) is 0.393. The van der Waals surface area contributed by atoms with Gasteiger partial charge in [0.1, 0.15) is 17.8 Å². The molecule has 0 unspecified atom stereocenters. The predicted octanol–water partition coefficient (Wildman–Crippen LogP) is 0.638. The van der Waals surface area contributed by atoms with Crippen LogP contribution in [0.15, 0.2) is 54.6 Å². The molecule has 8 N–H and O–H groups in total. The average Bonchev–Trinajstić information content (AvgIpc) is 2.91. The van der Waals surface area contributed by atoms with Crippen LogP contribution in [0.3, 0.4) is 0 Å². The van der Waals surface area contributed by atoms with Crippen LogP contribution in [0, 0.1) is 5.92 Å². The second-order valence-corrected chi connectivity index (χ2v) is 10.3. The number of amides is 3. The van der Waals surface area contributed by atoms with Crippen LogP contribution in [-0.2, 0) is 32.0 Å². The maximum atomic E-state index is 13.1. The Kier molecular flexibility index (Phi) is 13.0. The van der Waals surface area contributed by atoms with Crippen LogP contribution < -0.4 is 27.0 Å². The van der Waals surface area contributed by atoms with Crippen LogP contribution >= 0.6 is 12.2 Å². The quantitative estimate of drug-likeness (QED) is 0.151. The molecule has 2 rings (SSSR count). The highest BCUT2D eigenvalue weighted by molar-refractivity contribution is 7.80. The van der Waals surface area contributed by atoms with Crippen molar-refractivity contribution in [3.8, 4) is 5.75 Å². The molecule has 0 radical (unpaired) electrons. The lowest BCUT2D eigenvalue weighted by atomic mass is 10.0. The Morgan fingerprint density at radius 3 is 2.05 bits per heavy atom. The zero-order chi connectivity index (χ0) is 29.7. The largest absolute Gasteiger partial charge is 0.508 e. The lowest BCUT2D eigenvalue weighted by Crippen LogP contribution is -2.54. The number of hydrogen-bond donors (Lipinski definition) is 7. The second kappa shape index (κ2) is 16.2. The van der Waals surface area contributed by atoms with Crippen LogP contribution in [0.5, 0.6) is 5.75 Å². The molecule has 0 aliphatic carbocycles. The van der Waals surface area contributed by atoms with Gasteiger partial charge in [-0.25, -0.2) is 4.79 Å². The van der Waals surface area contributed by atoms with Gasteiger partial charge in [0, 0.05) is 6.42 Å². The number of hydrogen-bond acceptors (Lipinski definition) is 7. The topological polar surface area (TPSA) is 183 Å². The van der Waals surface area contributed by atoms with Crippen molar-refractivity contribution in [3.05, 3.63) is 65.7 Å².